The first-order valence-corrected chi connectivity index (χ1v) is 8.23. The molecule has 0 fully saturated rings. The molecule has 5 nitrogen and oxygen atoms in total. The molecule has 6 heteroatoms. The van der Waals surface area contributed by atoms with Gasteiger partial charge in [0, 0.05) is 17.7 Å². The zero-order valence-electron chi connectivity index (χ0n) is 14.9. The molecule has 1 heterocycles. The van der Waals surface area contributed by atoms with E-state index in [9.17, 15) is 9.59 Å². The molecule has 2 aromatic carbocycles. The Morgan fingerprint density at radius 1 is 1.15 bits per heavy atom. The summed E-state index contributed by atoms with van der Waals surface area (Å²) in [5.41, 5.74) is 2.74. The Morgan fingerprint density at radius 3 is 2.69 bits per heavy atom. The fraction of sp³-hybridized carbons (Fsp3) is 0.300. The molecule has 0 aromatic heterocycles. The molecular formula is C20H22ClNO4. The Labute approximate surface area is 159 Å². The molecule has 1 aliphatic rings. The summed E-state index contributed by atoms with van der Waals surface area (Å²) in [5.74, 6) is 0.168. The second kappa shape index (κ2) is 8.83. The molecule has 0 atom stereocenters. The van der Waals surface area contributed by atoms with E-state index in [-0.39, 0.29) is 30.6 Å². The van der Waals surface area contributed by atoms with Crippen LogP contribution in [0.2, 0.25) is 0 Å². The van der Waals surface area contributed by atoms with Crippen molar-refractivity contribution in [3.63, 3.8) is 0 Å². The molecule has 0 unspecified atom stereocenters. The number of carbonyl (C=O) groups is 2. The number of likely N-dealkylation sites (N-methyl/N-ethyl adjacent to an activating group) is 1. The number of ether oxygens (including phenoxy) is 2. The molecule has 3 rings (SSSR count). The van der Waals surface area contributed by atoms with Crippen molar-refractivity contribution in [1.29, 1.82) is 0 Å². The maximum atomic E-state index is 12.8. The number of rotatable bonds is 5. The van der Waals surface area contributed by atoms with Gasteiger partial charge < -0.3 is 14.4 Å². The maximum Gasteiger partial charge on any atom is 0.310 e. The van der Waals surface area contributed by atoms with Crippen LogP contribution in [0.4, 0.5) is 0 Å². The number of benzene rings is 2. The van der Waals surface area contributed by atoms with Crippen LogP contribution in [0.3, 0.4) is 0 Å². The van der Waals surface area contributed by atoms with Crippen LogP contribution in [0.5, 0.6) is 5.75 Å². The third kappa shape index (κ3) is 4.62. The quantitative estimate of drug-likeness (QED) is 0.752. The van der Waals surface area contributed by atoms with E-state index in [0.717, 1.165) is 11.1 Å². The number of nitrogens with zero attached hydrogens (tertiary/aromatic N) is 1. The van der Waals surface area contributed by atoms with Crippen molar-refractivity contribution in [2.75, 3.05) is 27.2 Å². The third-order valence-corrected chi connectivity index (χ3v) is 4.08. The smallest absolute Gasteiger partial charge is 0.310 e. The van der Waals surface area contributed by atoms with Gasteiger partial charge in [-0.1, -0.05) is 30.3 Å². The molecule has 2 aromatic rings. The first-order chi connectivity index (χ1) is 12.0. The lowest BCUT2D eigenvalue weighted by Crippen LogP contribution is -2.20. The Hall–Kier alpha value is -2.37. The summed E-state index contributed by atoms with van der Waals surface area (Å²) < 4.78 is 11.0. The van der Waals surface area contributed by atoms with Crippen molar-refractivity contribution >= 4 is 24.2 Å². The van der Waals surface area contributed by atoms with Crippen molar-refractivity contribution < 1.29 is 19.1 Å². The van der Waals surface area contributed by atoms with Crippen LogP contribution in [0, 0.1) is 0 Å². The highest BCUT2D eigenvalue weighted by Gasteiger charge is 2.22. The van der Waals surface area contributed by atoms with Crippen LogP contribution in [0.15, 0.2) is 42.5 Å². The van der Waals surface area contributed by atoms with E-state index >= 15 is 0 Å². The topological polar surface area (TPSA) is 55.8 Å². The van der Waals surface area contributed by atoms with E-state index in [4.69, 9.17) is 9.47 Å². The summed E-state index contributed by atoms with van der Waals surface area (Å²) in [6, 6.07) is 12.7. The van der Waals surface area contributed by atoms with Gasteiger partial charge in [-0.05, 0) is 31.8 Å². The van der Waals surface area contributed by atoms with Gasteiger partial charge in [0.25, 0.3) is 0 Å². The Kier molecular flexibility index (Phi) is 6.77. The number of carbonyl (C=O) groups excluding carboxylic acids is 2. The van der Waals surface area contributed by atoms with E-state index in [2.05, 4.69) is 0 Å². The van der Waals surface area contributed by atoms with Gasteiger partial charge in [-0.25, -0.2) is 0 Å². The lowest BCUT2D eigenvalue weighted by atomic mass is 9.97. The van der Waals surface area contributed by atoms with Gasteiger partial charge >= 0.3 is 5.97 Å². The molecule has 0 N–H and O–H groups in total. The molecule has 0 aliphatic carbocycles. The van der Waals surface area contributed by atoms with Crippen LogP contribution >= 0.6 is 12.4 Å². The predicted octanol–water partition coefficient (Wildman–Crippen LogP) is 2.88. The van der Waals surface area contributed by atoms with Crippen molar-refractivity contribution in [3.8, 4) is 5.75 Å². The highest BCUT2D eigenvalue weighted by atomic mass is 35.5. The van der Waals surface area contributed by atoms with E-state index in [1.807, 2.05) is 37.2 Å². The predicted molar refractivity (Wildman–Crippen MR) is 101 cm³/mol. The number of fused-ring (bicyclic) bond motifs is 2. The van der Waals surface area contributed by atoms with Crippen LogP contribution in [0.25, 0.3) is 0 Å². The Balaban J connectivity index is 0.00000243. The summed E-state index contributed by atoms with van der Waals surface area (Å²) >= 11 is 0. The zero-order chi connectivity index (χ0) is 17.8. The lowest BCUT2D eigenvalue weighted by molar-refractivity contribution is -0.143. The molecule has 0 spiro atoms. The number of hydrogen-bond acceptors (Lipinski definition) is 5. The van der Waals surface area contributed by atoms with Gasteiger partial charge in [-0.3, -0.25) is 9.59 Å². The molecule has 0 bridgehead atoms. The minimum atomic E-state index is -0.302. The fourth-order valence-electron chi connectivity index (χ4n) is 2.72. The molecule has 0 saturated heterocycles. The van der Waals surface area contributed by atoms with Crippen LogP contribution in [-0.2, 0) is 22.6 Å². The van der Waals surface area contributed by atoms with Gasteiger partial charge in [-0.15, -0.1) is 12.4 Å². The van der Waals surface area contributed by atoms with Crippen LogP contribution < -0.4 is 4.74 Å². The molecule has 0 saturated carbocycles. The largest absolute Gasteiger partial charge is 0.488 e. The third-order valence-electron chi connectivity index (χ3n) is 4.08. The van der Waals surface area contributed by atoms with E-state index in [1.54, 1.807) is 24.3 Å². The van der Waals surface area contributed by atoms with Gasteiger partial charge in [0.15, 0.2) is 5.78 Å². The second-order valence-corrected chi connectivity index (χ2v) is 6.31. The van der Waals surface area contributed by atoms with E-state index in [0.29, 0.717) is 36.6 Å². The molecule has 138 valence electrons. The first-order valence-electron chi connectivity index (χ1n) is 8.23. The Morgan fingerprint density at radius 2 is 1.92 bits per heavy atom. The summed E-state index contributed by atoms with van der Waals surface area (Å²) in [4.78, 5) is 26.7. The number of esters is 1. The molecule has 1 aliphatic heterocycles. The minimum absolute atomic E-state index is 0. The van der Waals surface area contributed by atoms with Gasteiger partial charge in [0.1, 0.15) is 19.0 Å². The molecular weight excluding hydrogens is 354 g/mol. The SMILES string of the molecule is CN(C)CCOC(=O)Cc1ccc2c(c1)C(=O)c1ccccc1CO2.Cl. The average Bonchev–Trinajstić information content (AvgIpc) is 2.72. The molecule has 26 heavy (non-hydrogen) atoms. The van der Waals surface area contributed by atoms with E-state index < -0.39 is 0 Å². The normalized spacial score (nSPS) is 12.3. The van der Waals surface area contributed by atoms with Crippen molar-refractivity contribution in [2.45, 2.75) is 13.0 Å². The number of hydrogen-bond donors (Lipinski definition) is 0. The standard InChI is InChI=1S/C20H21NO4.ClH/c1-21(2)9-10-24-19(22)12-14-7-8-18-17(11-14)20(23)16-6-4-3-5-15(16)13-25-18;/h3-8,11H,9-10,12-13H2,1-2H3;1H. The summed E-state index contributed by atoms with van der Waals surface area (Å²) in [5, 5.41) is 0. The highest BCUT2D eigenvalue weighted by molar-refractivity contribution is 6.12. The first kappa shape index (κ1) is 19.9. The maximum absolute atomic E-state index is 12.8. The monoisotopic (exact) mass is 375 g/mol. The Bertz CT molecular complexity index is 804. The highest BCUT2D eigenvalue weighted by Crippen LogP contribution is 2.29. The van der Waals surface area contributed by atoms with Gasteiger partial charge in [0.05, 0.1) is 12.0 Å². The van der Waals surface area contributed by atoms with Crippen molar-refractivity contribution in [1.82, 2.24) is 4.90 Å². The summed E-state index contributed by atoms with van der Waals surface area (Å²) in [6.45, 7) is 1.39. The van der Waals surface area contributed by atoms with Crippen molar-refractivity contribution in [3.05, 3.63) is 64.7 Å². The molecule has 0 amide bonds. The number of ketones is 1. The van der Waals surface area contributed by atoms with E-state index in [1.165, 1.54) is 0 Å². The zero-order valence-corrected chi connectivity index (χ0v) is 15.7. The van der Waals surface area contributed by atoms with Crippen molar-refractivity contribution in [2.24, 2.45) is 0 Å². The molecule has 0 radical (unpaired) electrons. The lowest BCUT2D eigenvalue weighted by Gasteiger charge is -2.11. The second-order valence-electron chi connectivity index (χ2n) is 6.31. The average molecular weight is 376 g/mol. The summed E-state index contributed by atoms with van der Waals surface area (Å²) in [6.07, 6.45) is 0.135. The number of halogens is 1. The fourth-order valence-corrected chi connectivity index (χ4v) is 2.72. The van der Waals surface area contributed by atoms with Gasteiger partial charge in [0.2, 0.25) is 0 Å². The summed E-state index contributed by atoms with van der Waals surface area (Å²) in [7, 11) is 3.84. The van der Waals surface area contributed by atoms with Crippen LogP contribution in [-0.4, -0.2) is 43.9 Å². The minimum Gasteiger partial charge on any atom is -0.488 e. The van der Waals surface area contributed by atoms with Crippen LogP contribution in [0.1, 0.15) is 27.0 Å². The van der Waals surface area contributed by atoms with Gasteiger partial charge in [-0.2, -0.15) is 0 Å².